The second kappa shape index (κ2) is 24.5. The molecule has 0 radical (unpaired) electrons. The summed E-state index contributed by atoms with van der Waals surface area (Å²) >= 11 is 0. The Kier molecular flexibility index (Phi) is 14.4. The molecule has 6 heterocycles. The molecule has 486 valence electrons. The van der Waals surface area contributed by atoms with Crippen molar-refractivity contribution in [2.24, 2.45) is 0 Å². The van der Waals surface area contributed by atoms with Gasteiger partial charge < -0.3 is 18.3 Å². The standard InChI is InChI=1S/C92H48N14/c1-53-29-63(30-54(2)101-53)73-43-86(105-87-33-57(47-95)17-23-69(87)70-24-18-58(48-96)34-88(70)105)67(52-100)41-91(73)106-89-35-59(49-97)19-25-71(89)78-42-72(65(50-98)39-92(78)106)62-22-28-84-77(36-62)76-32-56(46-94)21-27-83(76)103(84)85-44-74(64-37-79(60-11-5-3-6-12-60)102-80(38-64)61-13-7-4-8-14-61)90(40-66(85)51-99)104-81-16-10-9-15-68(81)75-31-55(45-93)20-26-82(75)104/h3-44H,1-2H3. The van der Waals surface area contributed by atoms with Crippen LogP contribution < -0.4 is 0 Å². The average Bonchev–Trinajstić information content (AvgIpc) is 1.64. The average molecular weight is 1350 g/mol. The minimum Gasteiger partial charge on any atom is -0.309 e. The van der Waals surface area contributed by atoms with E-state index in [9.17, 15) is 42.1 Å². The maximum atomic E-state index is 11.8. The van der Waals surface area contributed by atoms with Crippen molar-refractivity contribution < 1.29 is 0 Å². The molecule has 0 saturated heterocycles. The lowest BCUT2D eigenvalue weighted by molar-refractivity contribution is 1.11. The van der Waals surface area contributed by atoms with E-state index in [1.807, 2.05) is 211 Å². The number of pyridine rings is 2. The molecule has 14 nitrogen and oxygen atoms in total. The van der Waals surface area contributed by atoms with Gasteiger partial charge in [0.25, 0.3) is 0 Å². The quantitative estimate of drug-likeness (QED) is 0.132. The van der Waals surface area contributed by atoms with Crippen molar-refractivity contribution >= 4 is 87.2 Å². The molecule has 0 bridgehead atoms. The molecule has 0 saturated carbocycles. The SMILES string of the molecule is Cc1cc(-c2cc(-n3c4cc(C#N)ccc4c4ccc(C#N)cc43)c(C#N)cc2-n2c3cc(C#N)ccc3c3cc(-c4ccc5c(c4)c4cc(C#N)ccc4n5-c4cc(-c5cc(-c6ccccc6)nc(-c6ccccc6)c5)c(-n5c6ccccc6c6cc(C#N)ccc65)cc4C#N)c(C#N)cc32)cc(C)n1. The minimum absolute atomic E-state index is 0.264. The van der Waals surface area contributed by atoms with Gasteiger partial charge in [-0.05, 0) is 182 Å². The fourth-order valence-corrected chi connectivity index (χ4v) is 15.7. The first-order valence-electron chi connectivity index (χ1n) is 34.0. The second-order valence-electron chi connectivity index (χ2n) is 26.3. The van der Waals surface area contributed by atoms with Gasteiger partial charge in [0.2, 0.25) is 0 Å². The highest BCUT2D eigenvalue weighted by Crippen LogP contribution is 2.47. The van der Waals surface area contributed by atoms with E-state index in [0.29, 0.717) is 100 Å². The third-order valence-corrected chi connectivity index (χ3v) is 20.3. The zero-order valence-electron chi connectivity index (χ0n) is 56.5. The van der Waals surface area contributed by atoms with E-state index in [-0.39, 0.29) is 5.56 Å². The van der Waals surface area contributed by atoms with E-state index in [0.717, 1.165) is 116 Å². The Morgan fingerprint density at radius 2 is 0.594 bits per heavy atom. The van der Waals surface area contributed by atoms with Crippen LogP contribution in [0.3, 0.4) is 0 Å². The summed E-state index contributed by atoms with van der Waals surface area (Å²) in [6.45, 7) is 3.84. The molecule has 0 unspecified atom stereocenters. The number of hydrogen-bond donors (Lipinski definition) is 0. The molecular formula is C92H48N14. The zero-order chi connectivity index (χ0) is 72.2. The summed E-state index contributed by atoms with van der Waals surface area (Å²) in [5, 5.41) is 93.3. The monoisotopic (exact) mass is 1350 g/mol. The Labute approximate surface area is 605 Å². The Morgan fingerprint density at radius 3 is 1.09 bits per heavy atom. The number of rotatable bonds is 9. The van der Waals surface area contributed by atoms with Crippen LogP contribution in [0.2, 0.25) is 0 Å². The van der Waals surface area contributed by atoms with Crippen LogP contribution in [0.5, 0.6) is 0 Å². The van der Waals surface area contributed by atoms with Crippen molar-refractivity contribution in [3.63, 3.8) is 0 Å². The molecule has 12 aromatic carbocycles. The molecule has 0 aliphatic carbocycles. The van der Waals surface area contributed by atoms with E-state index in [2.05, 4.69) is 88.0 Å². The number of nitrogens with zero attached hydrogens (tertiary/aromatic N) is 14. The molecule has 106 heavy (non-hydrogen) atoms. The van der Waals surface area contributed by atoms with Crippen molar-refractivity contribution in [2.45, 2.75) is 13.8 Å². The first-order chi connectivity index (χ1) is 52.0. The number of para-hydroxylation sites is 1. The van der Waals surface area contributed by atoms with Crippen molar-refractivity contribution in [1.29, 1.82) is 42.1 Å². The Hall–Kier alpha value is -15.9. The van der Waals surface area contributed by atoms with Crippen LogP contribution in [0, 0.1) is 104 Å². The number of fused-ring (bicyclic) bond motifs is 12. The Bertz CT molecular complexity index is 7180. The largest absolute Gasteiger partial charge is 0.309 e. The fourth-order valence-electron chi connectivity index (χ4n) is 15.7. The van der Waals surface area contributed by atoms with E-state index < -0.39 is 0 Å². The van der Waals surface area contributed by atoms with Gasteiger partial charge in [0.15, 0.2) is 0 Å². The van der Waals surface area contributed by atoms with Crippen LogP contribution in [-0.2, 0) is 0 Å². The topological polar surface area (TPSA) is 236 Å². The zero-order valence-corrected chi connectivity index (χ0v) is 56.5. The molecule has 18 rings (SSSR count). The van der Waals surface area contributed by atoms with Crippen LogP contribution in [0.4, 0.5) is 0 Å². The second-order valence-corrected chi connectivity index (χ2v) is 26.3. The lowest BCUT2D eigenvalue weighted by atomic mass is 9.95. The van der Waals surface area contributed by atoms with Crippen molar-refractivity contribution in [2.75, 3.05) is 0 Å². The van der Waals surface area contributed by atoms with Gasteiger partial charge in [-0.15, -0.1) is 0 Å². The summed E-state index contributed by atoms with van der Waals surface area (Å²) in [4.78, 5) is 10.1. The highest BCUT2D eigenvalue weighted by molar-refractivity contribution is 6.16. The third-order valence-electron chi connectivity index (χ3n) is 20.3. The van der Waals surface area contributed by atoms with Gasteiger partial charge in [0.1, 0.15) is 12.1 Å². The number of nitriles is 8. The predicted molar refractivity (Wildman–Crippen MR) is 414 cm³/mol. The van der Waals surface area contributed by atoms with Gasteiger partial charge >= 0.3 is 0 Å². The van der Waals surface area contributed by atoms with Gasteiger partial charge in [-0.1, -0.05) is 103 Å². The molecular weight excluding hydrogens is 1300 g/mol. The van der Waals surface area contributed by atoms with E-state index in [1.165, 1.54) is 0 Å². The smallest absolute Gasteiger partial charge is 0.101 e. The molecule has 0 atom stereocenters. The highest BCUT2D eigenvalue weighted by atomic mass is 15.0. The molecule has 0 aliphatic heterocycles. The lowest BCUT2D eigenvalue weighted by Crippen LogP contribution is -2.05. The first kappa shape index (κ1) is 62.3. The number of benzene rings is 12. The van der Waals surface area contributed by atoms with Crippen LogP contribution >= 0.6 is 0 Å². The van der Waals surface area contributed by atoms with E-state index in [1.54, 1.807) is 36.4 Å². The summed E-state index contributed by atoms with van der Waals surface area (Å²) < 4.78 is 8.21. The lowest BCUT2D eigenvalue weighted by Gasteiger charge is -2.20. The number of aromatic nitrogens is 6. The predicted octanol–water partition coefficient (Wildman–Crippen LogP) is 20.8. The molecule has 0 amide bonds. The molecule has 6 aromatic heterocycles. The maximum Gasteiger partial charge on any atom is 0.101 e. The number of aryl methyl sites for hydroxylation is 2. The summed E-state index contributed by atoms with van der Waals surface area (Å²) in [5.74, 6) is 0. The van der Waals surface area contributed by atoms with Crippen LogP contribution in [0.15, 0.2) is 255 Å². The Morgan fingerprint density at radius 1 is 0.226 bits per heavy atom. The summed E-state index contributed by atoms with van der Waals surface area (Å²) in [6.07, 6.45) is 0. The summed E-state index contributed by atoms with van der Waals surface area (Å²) in [5.41, 5.74) is 20.3. The van der Waals surface area contributed by atoms with Crippen molar-refractivity contribution in [3.05, 3.63) is 311 Å². The minimum atomic E-state index is 0.264. The molecule has 14 heteroatoms. The first-order valence-corrected chi connectivity index (χ1v) is 34.0. The number of hydrogen-bond acceptors (Lipinski definition) is 10. The molecule has 0 spiro atoms. The van der Waals surface area contributed by atoms with Gasteiger partial charge in [-0.2, -0.15) is 42.1 Å². The van der Waals surface area contributed by atoms with Gasteiger partial charge in [-0.25, -0.2) is 4.98 Å². The molecule has 0 aliphatic rings. The van der Waals surface area contributed by atoms with Gasteiger partial charge in [0, 0.05) is 82.3 Å². The van der Waals surface area contributed by atoms with E-state index >= 15 is 0 Å². The van der Waals surface area contributed by atoms with Crippen LogP contribution in [0.25, 0.3) is 166 Å². The van der Waals surface area contributed by atoms with E-state index in [4.69, 9.17) is 9.97 Å². The Balaban J connectivity index is 0.875. The van der Waals surface area contributed by atoms with Crippen LogP contribution in [0.1, 0.15) is 55.9 Å². The van der Waals surface area contributed by atoms with Crippen molar-refractivity contribution in [3.8, 4) is 127 Å². The molecule has 0 fully saturated rings. The third kappa shape index (κ3) is 9.79. The normalized spacial score (nSPS) is 11.2. The molecule has 0 N–H and O–H groups in total. The van der Waals surface area contributed by atoms with Gasteiger partial charge in [0.05, 0.1) is 159 Å². The maximum absolute atomic E-state index is 11.8. The molecule has 18 aromatic rings. The van der Waals surface area contributed by atoms with Crippen LogP contribution in [-0.4, -0.2) is 28.2 Å². The summed E-state index contributed by atoms with van der Waals surface area (Å²) in [6, 6.07) is 101. The fraction of sp³-hybridized carbons (Fsp3) is 0.0217. The highest BCUT2D eigenvalue weighted by Gasteiger charge is 2.28. The summed E-state index contributed by atoms with van der Waals surface area (Å²) in [7, 11) is 0. The van der Waals surface area contributed by atoms with Gasteiger partial charge in [-0.3, -0.25) is 4.98 Å². The van der Waals surface area contributed by atoms with Crippen molar-refractivity contribution in [1.82, 2.24) is 28.2 Å².